The summed E-state index contributed by atoms with van der Waals surface area (Å²) in [7, 11) is 0. The SMILES string of the molecule is Cc1cccc(-c2c(-c3cc(-c4ccccc4)nc(-c4ccccc4)n3)c(-n3c4ccccc4c4cc5ccccc5cc43)c(-n3c4ccccc4c4cc5ccccc5cc43)c(-n3c4ccccc4c4cc5ccccc5cc43)c2-n2c3ccccc3c3cc4ccccc4cc32)n1. The van der Waals surface area contributed by atoms with Crippen molar-refractivity contribution in [2.75, 3.05) is 0 Å². The Morgan fingerprint density at radius 3 is 0.879 bits per heavy atom. The summed E-state index contributed by atoms with van der Waals surface area (Å²) in [4.78, 5) is 17.6. The number of rotatable bonds is 8. The summed E-state index contributed by atoms with van der Waals surface area (Å²) in [5.74, 6) is 0.599. The highest BCUT2D eigenvalue weighted by atomic mass is 15.1. The summed E-state index contributed by atoms with van der Waals surface area (Å²) in [5, 5.41) is 18.3. The summed E-state index contributed by atoms with van der Waals surface area (Å²) in [6.45, 7) is 2.12. The highest BCUT2D eigenvalue weighted by Gasteiger charge is 2.37. The smallest absolute Gasteiger partial charge is 0.160 e. The number of pyridine rings is 1. The number of fused-ring (bicyclic) bond motifs is 16. The summed E-state index contributed by atoms with van der Waals surface area (Å²) in [6, 6.07) is 121. The number of hydrogen-bond acceptors (Lipinski definition) is 3. The van der Waals surface area contributed by atoms with Crippen LogP contribution in [-0.2, 0) is 0 Å². The Kier molecular flexibility index (Phi) is 11.9. The number of aromatic nitrogens is 7. The van der Waals surface area contributed by atoms with E-state index in [0.717, 1.165) is 182 Å². The number of hydrogen-bond donors (Lipinski definition) is 0. The summed E-state index contributed by atoms with van der Waals surface area (Å²) in [6.07, 6.45) is 0. The fourth-order valence-corrected chi connectivity index (χ4v) is 16.4. The molecule has 0 saturated heterocycles. The first-order chi connectivity index (χ1) is 49.0. The molecule has 99 heavy (non-hydrogen) atoms. The Balaban J connectivity index is 1.14. The minimum absolute atomic E-state index is 0.599. The van der Waals surface area contributed by atoms with Gasteiger partial charge in [0.25, 0.3) is 0 Å². The van der Waals surface area contributed by atoms with E-state index in [1.807, 2.05) is 0 Å². The third-order valence-electron chi connectivity index (χ3n) is 20.7. The molecule has 0 N–H and O–H groups in total. The summed E-state index contributed by atoms with van der Waals surface area (Å²) < 4.78 is 10.5. The molecule has 6 aromatic heterocycles. The van der Waals surface area contributed by atoms with Gasteiger partial charge in [0, 0.05) is 71.0 Å². The van der Waals surface area contributed by atoms with Crippen molar-refractivity contribution in [3.8, 4) is 67.9 Å². The maximum atomic E-state index is 6.11. The van der Waals surface area contributed by atoms with Gasteiger partial charge in [-0.3, -0.25) is 4.98 Å². The van der Waals surface area contributed by atoms with Crippen molar-refractivity contribution in [3.05, 3.63) is 333 Å². The van der Waals surface area contributed by atoms with E-state index in [4.69, 9.17) is 15.0 Å². The van der Waals surface area contributed by atoms with Crippen molar-refractivity contribution in [2.45, 2.75) is 6.92 Å². The van der Waals surface area contributed by atoms with E-state index < -0.39 is 0 Å². The van der Waals surface area contributed by atoms with Crippen LogP contribution < -0.4 is 0 Å². The lowest BCUT2D eigenvalue weighted by molar-refractivity contribution is 1.02. The Morgan fingerprint density at radius 2 is 0.505 bits per heavy atom. The van der Waals surface area contributed by atoms with Crippen LogP contribution in [0.2, 0.25) is 0 Å². The maximum absolute atomic E-state index is 6.11. The Hall–Kier alpha value is -13.2. The minimum Gasteiger partial charge on any atom is -0.306 e. The lowest BCUT2D eigenvalue weighted by atomic mass is 9.91. The zero-order valence-electron chi connectivity index (χ0n) is 53.8. The molecule has 0 bridgehead atoms. The summed E-state index contributed by atoms with van der Waals surface area (Å²) >= 11 is 0. The van der Waals surface area contributed by atoms with E-state index in [1.165, 1.54) is 16.2 Å². The Labute approximate surface area is 568 Å². The number of para-hydroxylation sites is 4. The first kappa shape index (κ1) is 55.1. The fraction of sp³-hybridized carbons (Fsp3) is 0.0109. The van der Waals surface area contributed by atoms with Crippen LogP contribution in [0.4, 0.5) is 0 Å². The number of nitrogens with zero attached hydrogens (tertiary/aromatic N) is 7. The molecular formula is C92H57N7. The third-order valence-corrected chi connectivity index (χ3v) is 20.7. The van der Waals surface area contributed by atoms with Gasteiger partial charge in [-0.05, 0) is 141 Å². The molecule has 21 aromatic rings. The van der Waals surface area contributed by atoms with Gasteiger partial charge in [-0.15, -0.1) is 0 Å². The van der Waals surface area contributed by atoms with E-state index in [0.29, 0.717) is 5.82 Å². The van der Waals surface area contributed by atoms with Crippen LogP contribution in [0.15, 0.2) is 328 Å². The largest absolute Gasteiger partial charge is 0.306 e. The van der Waals surface area contributed by atoms with Crippen molar-refractivity contribution >= 4 is 130 Å². The molecule has 0 atom stereocenters. The summed E-state index contributed by atoms with van der Waals surface area (Å²) in [5.41, 5.74) is 18.9. The van der Waals surface area contributed by atoms with E-state index in [9.17, 15) is 0 Å². The second kappa shape index (κ2) is 21.4. The number of benzene rings is 15. The molecule has 0 unspecified atom stereocenters. The van der Waals surface area contributed by atoms with Gasteiger partial charge < -0.3 is 18.3 Å². The lowest BCUT2D eigenvalue weighted by Gasteiger charge is -2.31. The van der Waals surface area contributed by atoms with Gasteiger partial charge in [-0.1, -0.05) is 237 Å². The molecule has 0 radical (unpaired) electrons. The monoisotopic (exact) mass is 1260 g/mol. The van der Waals surface area contributed by atoms with Crippen molar-refractivity contribution in [1.82, 2.24) is 33.2 Å². The molecule has 7 heteroatoms. The second-order valence-electron chi connectivity index (χ2n) is 26.3. The van der Waals surface area contributed by atoms with Gasteiger partial charge in [0.05, 0.1) is 84.0 Å². The lowest BCUT2D eigenvalue weighted by Crippen LogP contribution is -2.17. The van der Waals surface area contributed by atoms with E-state index in [-0.39, 0.29) is 0 Å². The van der Waals surface area contributed by atoms with E-state index in [2.05, 4.69) is 353 Å². The van der Waals surface area contributed by atoms with Gasteiger partial charge in [-0.2, -0.15) is 0 Å². The molecule has 0 aliphatic heterocycles. The highest BCUT2D eigenvalue weighted by Crippen LogP contribution is 2.55. The predicted octanol–water partition coefficient (Wildman–Crippen LogP) is 23.8. The molecular weight excluding hydrogens is 1200 g/mol. The first-order valence-corrected chi connectivity index (χ1v) is 33.9. The Bertz CT molecular complexity index is 6930. The van der Waals surface area contributed by atoms with Crippen molar-refractivity contribution in [1.29, 1.82) is 0 Å². The first-order valence-electron chi connectivity index (χ1n) is 33.9. The van der Waals surface area contributed by atoms with Crippen LogP contribution in [0.3, 0.4) is 0 Å². The molecule has 6 heterocycles. The average molecular weight is 1260 g/mol. The third kappa shape index (κ3) is 8.28. The van der Waals surface area contributed by atoms with Crippen molar-refractivity contribution < 1.29 is 0 Å². The van der Waals surface area contributed by atoms with Crippen LogP contribution in [0.5, 0.6) is 0 Å². The van der Waals surface area contributed by atoms with E-state index >= 15 is 0 Å². The second-order valence-corrected chi connectivity index (χ2v) is 26.3. The quantitative estimate of drug-likeness (QED) is 0.152. The molecule has 0 aliphatic rings. The average Bonchev–Trinajstić information content (AvgIpc) is 1.58. The van der Waals surface area contributed by atoms with Crippen LogP contribution in [0, 0.1) is 6.92 Å². The molecule has 0 amide bonds. The van der Waals surface area contributed by atoms with Crippen molar-refractivity contribution in [2.24, 2.45) is 0 Å². The predicted molar refractivity (Wildman–Crippen MR) is 414 cm³/mol. The molecule has 15 aromatic carbocycles. The topological polar surface area (TPSA) is 58.4 Å². The van der Waals surface area contributed by atoms with Gasteiger partial charge in [0.15, 0.2) is 5.82 Å². The van der Waals surface area contributed by atoms with Gasteiger partial charge >= 0.3 is 0 Å². The molecule has 7 nitrogen and oxygen atoms in total. The number of aryl methyl sites for hydroxylation is 1. The van der Waals surface area contributed by atoms with Crippen molar-refractivity contribution in [3.63, 3.8) is 0 Å². The zero-order valence-corrected chi connectivity index (χ0v) is 53.8. The normalized spacial score (nSPS) is 12.1. The van der Waals surface area contributed by atoms with Gasteiger partial charge in [-0.25, -0.2) is 9.97 Å². The van der Waals surface area contributed by atoms with Crippen LogP contribution in [0.1, 0.15) is 5.69 Å². The molecule has 0 saturated carbocycles. The van der Waals surface area contributed by atoms with Crippen LogP contribution >= 0.6 is 0 Å². The maximum Gasteiger partial charge on any atom is 0.160 e. The Morgan fingerprint density at radius 1 is 0.202 bits per heavy atom. The molecule has 0 fully saturated rings. The fourth-order valence-electron chi connectivity index (χ4n) is 16.4. The zero-order chi connectivity index (χ0) is 65.0. The van der Waals surface area contributed by atoms with Crippen LogP contribution in [-0.4, -0.2) is 33.2 Å². The standard InChI is InChI=1S/C92H57N7/c1-56-25-24-42-75(93-56)86-87(77-55-76(57-26-4-2-5-27-57)94-92(95-77)58-28-6-3-7-29-58)89(97-79-44-21-17-39-68(79)72-48-60-31-9-13-35-64(60)52-83(72)97)91(99-81-46-23-19-41-70(81)74-50-62-33-11-15-37-66(62)54-85(74)99)90(98-80-45-22-18-40-69(80)73-49-61-32-10-14-36-65(61)53-84(73)98)88(86)96-78-43-20-16-38-67(78)71-47-59-30-8-12-34-63(59)51-82(71)96/h2-55H,1H3. The van der Waals surface area contributed by atoms with Gasteiger partial charge in [0.1, 0.15) is 0 Å². The minimum atomic E-state index is 0.599. The highest BCUT2D eigenvalue weighted by molar-refractivity contribution is 6.22. The molecule has 0 aliphatic carbocycles. The molecule has 21 rings (SSSR count). The molecule has 0 spiro atoms. The molecule has 460 valence electrons. The van der Waals surface area contributed by atoms with Gasteiger partial charge in [0.2, 0.25) is 0 Å². The van der Waals surface area contributed by atoms with Crippen LogP contribution in [0.25, 0.3) is 198 Å². The van der Waals surface area contributed by atoms with E-state index in [1.54, 1.807) is 0 Å².